The maximum Gasteiger partial charge on any atom is 0.138 e. The first-order chi connectivity index (χ1) is 12.2. The van der Waals surface area contributed by atoms with Gasteiger partial charge >= 0.3 is 0 Å². The van der Waals surface area contributed by atoms with Crippen molar-refractivity contribution >= 4 is 11.0 Å². The van der Waals surface area contributed by atoms with E-state index in [4.69, 9.17) is 10.5 Å². The molecule has 25 heavy (non-hydrogen) atoms. The molecule has 4 nitrogen and oxygen atoms in total. The highest BCUT2D eigenvalue weighted by Crippen LogP contribution is 2.38. The van der Waals surface area contributed by atoms with Gasteiger partial charge in [-0.1, -0.05) is 0 Å². The Balaban J connectivity index is 1.80. The van der Waals surface area contributed by atoms with Crippen LogP contribution in [0.5, 0.6) is 5.75 Å². The summed E-state index contributed by atoms with van der Waals surface area (Å²) in [6, 6.07) is 8.98. The summed E-state index contributed by atoms with van der Waals surface area (Å²) in [6.45, 7) is 0. The van der Waals surface area contributed by atoms with Crippen molar-refractivity contribution in [3.8, 4) is 16.9 Å². The molecular formula is C20H22FN3O. The zero-order valence-electron chi connectivity index (χ0n) is 14.3. The SMILES string of the molecule is COc1ccc(F)cc1-c1ccnc2[nH]c([C@H]3CC[C@H](N)CC3)cc12. The summed E-state index contributed by atoms with van der Waals surface area (Å²) >= 11 is 0. The first-order valence-electron chi connectivity index (χ1n) is 8.73. The van der Waals surface area contributed by atoms with Gasteiger partial charge in [0.05, 0.1) is 7.11 Å². The lowest BCUT2D eigenvalue weighted by Gasteiger charge is -2.25. The van der Waals surface area contributed by atoms with Crippen molar-refractivity contribution in [2.24, 2.45) is 5.73 Å². The van der Waals surface area contributed by atoms with Gasteiger partial charge in [0.15, 0.2) is 0 Å². The molecule has 2 aromatic heterocycles. The van der Waals surface area contributed by atoms with Crippen LogP contribution in [0.4, 0.5) is 4.39 Å². The van der Waals surface area contributed by atoms with E-state index in [2.05, 4.69) is 16.0 Å². The summed E-state index contributed by atoms with van der Waals surface area (Å²) in [7, 11) is 1.60. The fourth-order valence-electron chi connectivity index (χ4n) is 3.82. The third kappa shape index (κ3) is 3.00. The Bertz CT molecular complexity index is 897. The van der Waals surface area contributed by atoms with Gasteiger partial charge in [0.1, 0.15) is 17.2 Å². The fourth-order valence-corrected chi connectivity index (χ4v) is 3.82. The largest absolute Gasteiger partial charge is 0.496 e. The van der Waals surface area contributed by atoms with E-state index in [-0.39, 0.29) is 5.82 Å². The average molecular weight is 339 g/mol. The molecule has 0 unspecified atom stereocenters. The first kappa shape index (κ1) is 16.1. The van der Waals surface area contributed by atoms with Gasteiger partial charge in [-0.25, -0.2) is 9.37 Å². The van der Waals surface area contributed by atoms with Crippen LogP contribution in [-0.2, 0) is 0 Å². The van der Waals surface area contributed by atoms with Gasteiger partial charge in [-0.05, 0) is 67.5 Å². The molecule has 0 bridgehead atoms. The molecular weight excluding hydrogens is 317 g/mol. The molecule has 3 N–H and O–H groups in total. The normalized spacial score (nSPS) is 20.8. The Morgan fingerprint density at radius 1 is 1.12 bits per heavy atom. The molecule has 0 atom stereocenters. The summed E-state index contributed by atoms with van der Waals surface area (Å²) in [5, 5.41) is 0.997. The quantitative estimate of drug-likeness (QED) is 0.745. The minimum Gasteiger partial charge on any atom is -0.496 e. The van der Waals surface area contributed by atoms with Crippen molar-refractivity contribution in [1.29, 1.82) is 0 Å². The van der Waals surface area contributed by atoms with Gasteiger partial charge in [0.25, 0.3) is 0 Å². The average Bonchev–Trinajstić information content (AvgIpc) is 3.06. The number of rotatable bonds is 3. The monoisotopic (exact) mass is 339 g/mol. The van der Waals surface area contributed by atoms with E-state index in [1.807, 2.05) is 6.07 Å². The van der Waals surface area contributed by atoms with Crippen LogP contribution >= 0.6 is 0 Å². The van der Waals surface area contributed by atoms with Gasteiger partial charge < -0.3 is 15.5 Å². The Kier molecular flexibility index (Phi) is 4.17. The zero-order valence-corrected chi connectivity index (χ0v) is 14.3. The molecule has 0 aliphatic heterocycles. The van der Waals surface area contributed by atoms with E-state index >= 15 is 0 Å². The lowest BCUT2D eigenvalue weighted by atomic mass is 9.84. The molecule has 4 rings (SSSR count). The number of fused-ring (bicyclic) bond motifs is 1. The van der Waals surface area contributed by atoms with Crippen molar-refractivity contribution in [2.45, 2.75) is 37.6 Å². The van der Waals surface area contributed by atoms with Crippen molar-refractivity contribution in [1.82, 2.24) is 9.97 Å². The lowest BCUT2D eigenvalue weighted by Crippen LogP contribution is -2.25. The van der Waals surface area contributed by atoms with E-state index < -0.39 is 0 Å². The number of nitrogens with one attached hydrogen (secondary N) is 1. The Morgan fingerprint density at radius 2 is 1.92 bits per heavy atom. The molecule has 5 heteroatoms. The number of H-pyrrole nitrogens is 1. The zero-order chi connectivity index (χ0) is 17.4. The molecule has 0 radical (unpaired) electrons. The number of aromatic nitrogens is 2. The maximum absolute atomic E-state index is 13.8. The predicted octanol–water partition coefficient (Wildman–Crippen LogP) is 4.36. The van der Waals surface area contributed by atoms with Crippen LogP contribution in [0.2, 0.25) is 0 Å². The molecule has 0 saturated heterocycles. The standard InChI is InChI=1S/C20H22FN3O/c1-25-19-7-4-13(21)10-16(19)15-8-9-23-20-17(15)11-18(24-20)12-2-5-14(22)6-3-12/h4,7-12,14H,2-3,5-6,22H2,1H3,(H,23,24)/t12-,14-. The molecule has 0 amide bonds. The summed E-state index contributed by atoms with van der Waals surface area (Å²) in [6.07, 6.45) is 6.04. The highest BCUT2D eigenvalue weighted by molar-refractivity contribution is 5.95. The van der Waals surface area contributed by atoms with E-state index in [1.54, 1.807) is 19.4 Å². The number of pyridine rings is 1. The highest BCUT2D eigenvalue weighted by atomic mass is 19.1. The van der Waals surface area contributed by atoms with Crippen LogP contribution in [-0.4, -0.2) is 23.1 Å². The molecule has 1 aromatic carbocycles. The van der Waals surface area contributed by atoms with Gasteiger partial charge in [0, 0.05) is 28.9 Å². The van der Waals surface area contributed by atoms with Crippen LogP contribution < -0.4 is 10.5 Å². The van der Waals surface area contributed by atoms with E-state index in [9.17, 15) is 4.39 Å². The highest BCUT2D eigenvalue weighted by Gasteiger charge is 2.22. The molecule has 1 saturated carbocycles. The van der Waals surface area contributed by atoms with Crippen LogP contribution in [0.25, 0.3) is 22.2 Å². The molecule has 2 heterocycles. The van der Waals surface area contributed by atoms with Crippen LogP contribution in [0.3, 0.4) is 0 Å². The second-order valence-corrected chi connectivity index (χ2v) is 6.80. The van der Waals surface area contributed by atoms with Crippen LogP contribution in [0, 0.1) is 5.82 Å². The van der Waals surface area contributed by atoms with E-state index in [1.165, 1.54) is 17.8 Å². The third-order valence-corrected chi connectivity index (χ3v) is 5.22. The minimum atomic E-state index is -0.280. The second kappa shape index (κ2) is 6.48. The minimum absolute atomic E-state index is 0.280. The second-order valence-electron chi connectivity index (χ2n) is 6.80. The predicted molar refractivity (Wildman–Crippen MR) is 97.2 cm³/mol. The van der Waals surface area contributed by atoms with Gasteiger partial charge in [-0.15, -0.1) is 0 Å². The molecule has 130 valence electrons. The number of hydrogen-bond donors (Lipinski definition) is 2. The third-order valence-electron chi connectivity index (χ3n) is 5.22. The smallest absolute Gasteiger partial charge is 0.138 e. The Labute approximate surface area is 146 Å². The molecule has 1 fully saturated rings. The van der Waals surface area contributed by atoms with Crippen molar-refractivity contribution in [3.63, 3.8) is 0 Å². The van der Waals surface area contributed by atoms with Gasteiger partial charge in [-0.2, -0.15) is 0 Å². The van der Waals surface area contributed by atoms with Crippen LogP contribution in [0.1, 0.15) is 37.3 Å². The van der Waals surface area contributed by atoms with Gasteiger partial charge in [-0.3, -0.25) is 0 Å². The summed E-state index contributed by atoms with van der Waals surface area (Å²) in [4.78, 5) is 7.92. The molecule has 3 aromatic rings. The topological polar surface area (TPSA) is 63.9 Å². The lowest BCUT2D eigenvalue weighted by molar-refractivity contribution is 0.391. The first-order valence-corrected chi connectivity index (χ1v) is 8.73. The number of nitrogens with two attached hydrogens (primary N) is 1. The van der Waals surface area contributed by atoms with E-state index in [0.29, 0.717) is 17.7 Å². The molecule has 1 aliphatic rings. The van der Waals surface area contributed by atoms with Crippen molar-refractivity contribution in [2.75, 3.05) is 7.11 Å². The summed E-state index contributed by atoms with van der Waals surface area (Å²) in [5.41, 5.74) is 9.71. The number of halogens is 1. The maximum atomic E-state index is 13.8. The van der Waals surface area contributed by atoms with Crippen molar-refractivity contribution < 1.29 is 9.13 Å². The number of hydrogen-bond acceptors (Lipinski definition) is 3. The molecule has 0 spiro atoms. The Hall–Kier alpha value is -2.40. The van der Waals surface area contributed by atoms with Crippen LogP contribution in [0.15, 0.2) is 36.5 Å². The van der Waals surface area contributed by atoms with E-state index in [0.717, 1.165) is 47.8 Å². The summed E-state index contributed by atoms with van der Waals surface area (Å²) < 4.78 is 19.2. The fraction of sp³-hybridized carbons (Fsp3) is 0.350. The van der Waals surface area contributed by atoms with Crippen molar-refractivity contribution in [3.05, 3.63) is 48.0 Å². The molecule has 1 aliphatic carbocycles. The van der Waals surface area contributed by atoms with Gasteiger partial charge in [0.2, 0.25) is 0 Å². The summed E-state index contributed by atoms with van der Waals surface area (Å²) in [5.74, 6) is 0.856. The number of nitrogens with zero attached hydrogens (tertiary/aromatic N) is 1. The number of benzene rings is 1. The Morgan fingerprint density at radius 3 is 2.68 bits per heavy atom. The number of ether oxygens (including phenoxy) is 1. The number of methoxy groups -OCH3 is 1. The number of aromatic amines is 1.